The van der Waals surface area contributed by atoms with Gasteiger partial charge in [-0.2, -0.15) is 0 Å². The standard InChI is InChI=1S/C13H19ClN2O2/c1-8(2)12(5-6-17)16-13(18)10-4-3-9(15)7-11(10)14/h3-4,7-8,12,17H,5-6,15H2,1-2H3,(H,16,18). The van der Waals surface area contributed by atoms with Gasteiger partial charge in [0.2, 0.25) is 0 Å². The number of carbonyl (C=O) groups excluding carboxylic acids is 1. The quantitative estimate of drug-likeness (QED) is 0.717. The molecular formula is C13H19ClN2O2. The number of anilines is 1. The van der Waals surface area contributed by atoms with Gasteiger partial charge in [0.25, 0.3) is 5.91 Å². The fourth-order valence-corrected chi connectivity index (χ4v) is 1.95. The lowest BCUT2D eigenvalue weighted by Gasteiger charge is -2.21. The van der Waals surface area contributed by atoms with Gasteiger partial charge in [0.15, 0.2) is 0 Å². The summed E-state index contributed by atoms with van der Waals surface area (Å²) in [6.07, 6.45) is 0.524. The predicted molar refractivity (Wildman–Crippen MR) is 73.7 cm³/mol. The van der Waals surface area contributed by atoms with Gasteiger partial charge in [0, 0.05) is 18.3 Å². The lowest BCUT2D eigenvalue weighted by Crippen LogP contribution is -2.39. The minimum absolute atomic E-state index is 0.0403. The van der Waals surface area contributed by atoms with Crippen LogP contribution in [0, 0.1) is 5.92 Å². The maximum atomic E-state index is 12.0. The number of nitrogens with two attached hydrogens (primary N) is 1. The van der Waals surface area contributed by atoms with Crippen molar-refractivity contribution < 1.29 is 9.90 Å². The largest absolute Gasteiger partial charge is 0.399 e. The molecule has 0 fully saturated rings. The summed E-state index contributed by atoms with van der Waals surface area (Å²) in [5, 5.41) is 12.2. The van der Waals surface area contributed by atoms with E-state index in [9.17, 15) is 4.79 Å². The van der Waals surface area contributed by atoms with Crippen molar-refractivity contribution in [1.82, 2.24) is 5.32 Å². The van der Waals surface area contributed by atoms with E-state index < -0.39 is 0 Å². The molecule has 1 amide bonds. The Morgan fingerprint density at radius 2 is 2.17 bits per heavy atom. The second-order valence-electron chi connectivity index (χ2n) is 4.58. The van der Waals surface area contributed by atoms with Crippen LogP contribution in [0.5, 0.6) is 0 Å². The van der Waals surface area contributed by atoms with Gasteiger partial charge in [0.1, 0.15) is 0 Å². The Labute approximate surface area is 112 Å². The van der Waals surface area contributed by atoms with Crippen LogP contribution in [0.2, 0.25) is 5.02 Å². The topological polar surface area (TPSA) is 75.3 Å². The first-order valence-electron chi connectivity index (χ1n) is 5.92. The molecule has 0 saturated carbocycles. The van der Waals surface area contributed by atoms with E-state index in [1.807, 2.05) is 13.8 Å². The van der Waals surface area contributed by atoms with Crippen LogP contribution in [0.3, 0.4) is 0 Å². The summed E-state index contributed by atoms with van der Waals surface area (Å²) in [5.74, 6) is 0.000747. The molecule has 1 rings (SSSR count). The van der Waals surface area contributed by atoms with Crippen molar-refractivity contribution in [3.05, 3.63) is 28.8 Å². The molecule has 1 aromatic carbocycles. The molecule has 18 heavy (non-hydrogen) atoms. The minimum atomic E-state index is -0.243. The number of hydrogen-bond acceptors (Lipinski definition) is 3. The van der Waals surface area contributed by atoms with Gasteiger partial charge >= 0.3 is 0 Å². The number of halogens is 1. The maximum absolute atomic E-state index is 12.0. The highest BCUT2D eigenvalue weighted by molar-refractivity contribution is 6.34. The van der Waals surface area contributed by atoms with Gasteiger partial charge in [-0.3, -0.25) is 4.79 Å². The third-order valence-electron chi connectivity index (χ3n) is 2.80. The number of aliphatic hydroxyl groups is 1. The van der Waals surface area contributed by atoms with Gasteiger partial charge in [-0.25, -0.2) is 0 Å². The molecule has 0 spiro atoms. The molecule has 0 bridgehead atoms. The number of amides is 1. The summed E-state index contributed by atoms with van der Waals surface area (Å²) in [4.78, 5) is 12.0. The number of benzene rings is 1. The fourth-order valence-electron chi connectivity index (χ4n) is 1.67. The zero-order chi connectivity index (χ0) is 13.7. The van der Waals surface area contributed by atoms with E-state index in [1.54, 1.807) is 18.2 Å². The number of nitrogen functional groups attached to an aromatic ring is 1. The Kier molecular flexibility index (Phi) is 5.44. The first kappa shape index (κ1) is 14.8. The van der Waals surface area contributed by atoms with Crippen molar-refractivity contribution in [3.8, 4) is 0 Å². The van der Waals surface area contributed by atoms with E-state index in [0.717, 1.165) is 0 Å². The molecule has 100 valence electrons. The van der Waals surface area contributed by atoms with E-state index in [4.69, 9.17) is 22.4 Å². The number of nitrogens with one attached hydrogen (secondary N) is 1. The Balaban J connectivity index is 2.80. The number of aliphatic hydroxyl groups excluding tert-OH is 1. The van der Waals surface area contributed by atoms with Crippen LogP contribution >= 0.6 is 11.6 Å². The van der Waals surface area contributed by atoms with Gasteiger partial charge < -0.3 is 16.2 Å². The summed E-state index contributed by atoms with van der Waals surface area (Å²) >= 11 is 5.97. The van der Waals surface area contributed by atoms with Crippen LogP contribution in [0.1, 0.15) is 30.6 Å². The molecule has 1 atom stereocenters. The van der Waals surface area contributed by atoms with Crippen molar-refractivity contribution in [2.24, 2.45) is 5.92 Å². The summed E-state index contributed by atoms with van der Waals surface area (Å²) < 4.78 is 0. The third kappa shape index (κ3) is 3.89. The van der Waals surface area contributed by atoms with E-state index in [2.05, 4.69) is 5.32 Å². The van der Waals surface area contributed by atoms with Crippen LogP contribution in [-0.2, 0) is 0 Å². The fraction of sp³-hybridized carbons (Fsp3) is 0.462. The predicted octanol–water partition coefficient (Wildman–Crippen LogP) is 2.06. The van der Waals surface area contributed by atoms with Gasteiger partial charge in [-0.05, 0) is 30.5 Å². The molecule has 0 aliphatic heterocycles. The average molecular weight is 271 g/mol. The lowest BCUT2D eigenvalue weighted by molar-refractivity contribution is 0.0917. The highest BCUT2D eigenvalue weighted by Crippen LogP contribution is 2.19. The maximum Gasteiger partial charge on any atom is 0.253 e. The summed E-state index contributed by atoms with van der Waals surface area (Å²) in [6.45, 7) is 4.02. The molecular weight excluding hydrogens is 252 g/mol. The lowest BCUT2D eigenvalue weighted by atomic mass is 10.0. The zero-order valence-electron chi connectivity index (χ0n) is 10.6. The van der Waals surface area contributed by atoms with Crippen LogP contribution < -0.4 is 11.1 Å². The van der Waals surface area contributed by atoms with Gasteiger partial charge in [-0.1, -0.05) is 25.4 Å². The molecule has 0 radical (unpaired) electrons. The average Bonchev–Trinajstić information content (AvgIpc) is 2.27. The second-order valence-corrected chi connectivity index (χ2v) is 4.98. The smallest absolute Gasteiger partial charge is 0.253 e. The van der Waals surface area contributed by atoms with E-state index in [1.165, 1.54) is 0 Å². The number of rotatable bonds is 5. The van der Waals surface area contributed by atoms with Crippen molar-refractivity contribution >= 4 is 23.2 Å². The first-order valence-corrected chi connectivity index (χ1v) is 6.30. The minimum Gasteiger partial charge on any atom is -0.399 e. The van der Waals surface area contributed by atoms with Crippen molar-refractivity contribution in [1.29, 1.82) is 0 Å². The zero-order valence-corrected chi connectivity index (χ0v) is 11.4. The summed E-state index contributed by atoms with van der Waals surface area (Å²) in [6, 6.07) is 4.71. The molecule has 1 aromatic rings. The SMILES string of the molecule is CC(C)C(CCO)NC(=O)c1ccc(N)cc1Cl. The Morgan fingerprint density at radius 1 is 1.50 bits per heavy atom. The van der Waals surface area contributed by atoms with Crippen LogP contribution in [0.25, 0.3) is 0 Å². The van der Waals surface area contributed by atoms with Crippen molar-refractivity contribution in [3.63, 3.8) is 0 Å². The molecule has 4 N–H and O–H groups in total. The van der Waals surface area contributed by atoms with E-state index in [-0.39, 0.29) is 24.5 Å². The molecule has 0 heterocycles. The Morgan fingerprint density at radius 3 is 2.67 bits per heavy atom. The molecule has 0 saturated heterocycles. The molecule has 0 aromatic heterocycles. The second kappa shape index (κ2) is 6.61. The normalized spacial score (nSPS) is 12.5. The molecule has 1 unspecified atom stereocenters. The number of hydrogen-bond donors (Lipinski definition) is 3. The molecule has 0 aliphatic carbocycles. The van der Waals surface area contributed by atoms with E-state index >= 15 is 0 Å². The number of carbonyl (C=O) groups is 1. The molecule has 5 heteroatoms. The van der Waals surface area contributed by atoms with Crippen LogP contribution in [0.4, 0.5) is 5.69 Å². The van der Waals surface area contributed by atoms with Gasteiger partial charge in [0.05, 0.1) is 10.6 Å². The van der Waals surface area contributed by atoms with E-state index in [0.29, 0.717) is 22.7 Å². The Bertz CT molecular complexity index is 421. The molecule has 4 nitrogen and oxygen atoms in total. The first-order chi connectivity index (χ1) is 8.45. The Hall–Kier alpha value is -1.26. The highest BCUT2D eigenvalue weighted by atomic mass is 35.5. The van der Waals surface area contributed by atoms with Crippen molar-refractivity contribution in [2.75, 3.05) is 12.3 Å². The van der Waals surface area contributed by atoms with Crippen LogP contribution in [-0.4, -0.2) is 23.7 Å². The third-order valence-corrected chi connectivity index (χ3v) is 3.11. The molecule has 0 aliphatic rings. The van der Waals surface area contributed by atoms with Crippen molar-refractivity contribution in [2.45, 2.75) is 26.3 Å². The highest BCUT2D eigenvalue weighted by Gasteiger charge is 2.18. The summed E-state index contributed by atoms with van der Waals surface area (Å²) in [5.41, 5.74) is 6.49. The van der Waals surface area contributed by atoms with Crippen LogP contribution in [0.15, 0.2) is 18.2 Å². The monoisotopic (exact) mass is 270 g/mol. The summed E-state index contributed by atoms with van der Waals surface area (Å²) in [7, 11) is 0. The van der Waals surface area contributed by atoms with Gasteiger partial charge in [-0.15, -0.1) is 0 Å².